The fourth-order valence-electron chi connectivity index (χ4n) is 1.86. The average Bonchev–Trinajstić information content (AvgIpc) is 2.27. The highest BCUT2D eigenvalue weighted by molar-refractivity contribution is 9.10. The van der Waals surface area contributed by atoms with Crippen LogP contribution in [-0.2, 0) is 6.42 Å². The van der Waals surface area contributed by atoms with Crippen molar-refractivity contribution in [3.8, 4) is 0 Å². The monoisotopic (exact) mass is 269 g/mol. The number of nitrogens with one attached hydrogen (secondary N) is 1. The Kier molecular flexibility index (Phi) is 5.34. The largest absolute Gasteiger partial charge is 0.317 e. The fourth-order valence-corrected chi connectivity index (χ4v) is 2.30. The van der Waals surface area contributed by atoms with Gasteiger partial charge in [-0.3, -0.25) is 0 Å². The predicted octanol–water partition coefficient (Wildman–Crippen LogP) is 3.63. The molecule has 15 heavy (non-hydrogen) atoms. The van der Waals surface area contributed by atoms with Crippen molar-refractivity contribution in [3.05, 3.63) is 34.3 Å². The molecule has 0 aliphatic rings. The van der Waals surface area contributed by atoms with E-state index >= 15 is 0 Å². The molecular weight excluding hydrogens is 250 g/mol. The maximum atomic E-state index is 3.60. The molecule has 1 N–H and O–H groups in total. The highest BCUT2D eigenvalue weighted by Crippen LogP contribution is 2.22. The number of hydrogen-bond donors (Lipinski definition) is 1. The third-order valence-corrected chi connectivity index (χ3v) is 3.90. The van der Waals surface area contributed by atoms with Crippen LogP contribution in [0.4, 0.5) is 0 Å². The molecule has 0 aliphatic carbocycles. The molecule has 84 valence electrons. The van der Waals surface area contributed by atoms with E-state index < -0.39 is 0 Å². The van der Waals surface area contributed by atoms with E-state index in [9.17, 15) is 0 Å². The lowest BCUT2D eigenvalue weighted by molar-refractivity contribution is 0.381. The number of rotatable bonds is 5. The van der Waals surface area contributed by atoms with Crippen LogP contribution >= 0.6 is 15.9 Å². The zero-order valence-electron chi connectivity index (χ0n) is 9.76. The molecule has 2 unspecified atom stereocenters. The number of benzene rings is 1. The van der Waals surface area contributed by atoms with E-state index in [4.69, 9.17) is 0 Å². The standard InChI is InChI=1S/C13H20BrN/c1-4-11(10(2)15-3)9-12-7-5-6-8-13(12)14/h5-8,10-11,15H,4,9H2,1-3H3. The highest BCUT2D eigenvalue weighted by Gasteiger charge is 2.15. The quantitative estimate of drug-likeness (QED) is 0.861. The van der Waals surface area contributed by atoms with Gasteiger partial charge in [0.25, 0.3) is 0 Å². The Morgan fingerprint density at radius 3 is 2.53 bits per heavy atom. The maximum Gasteiger partial charge on any atom is 0.0207 e. The SMILES string of the molecule is CCC(Cc1ccccc1Br)C(C)NC. The molecule has 2 heteroatoms. The van der Waals surface area contributed by atoms with Gasteiger partial charge in [-0.2, -0.15) is 0 Å². The number of halogens is 1. The molecule has 0 amide bonds. The molecular formula is C13H20BrN. The van der Waals surface area contributed by atoms with Crippen molar-refractivity contribution < 1.29 is 0 Å². The lowest BCUT2D eigenvalue weighted by atomic mass is 9.91. The molecule has 1 aromatic carbocycles. The van der Waals surface area contributed by atoms with Gasteiger partial charge >= 0.3 is 0 Å². The molecule has 0 fully saturated rings. The van der Waals surface area contributed by atoms with Crippen LogP contribution in [0.1, 0.15) is 25.8 Å². The Bertz CT molecular complexity index is 298. The van der Waals surface area contributed by atoms with E-state index in [1.807, 2.05) is 7.05 Å². The summed E-state index contributed by atoms with van der Waals surface area (Å²) in [5.41, 5.74) is 1.41. The van der Waals surface area contributed by atoms with E-state index in [1.165, 1.54) is 16.5 Å². The van der Waals surface area contributed by atoms with E-state index in [2.05, 4.69) is 59.4 Å². The first-order chi connectivity index (χ1) is 7.19. The van der Waals surface area contributed by atoms with Gasteiger partial charge in [-0.1, -0.05) is 47.5 Å². The van der Waals surface area contributed by atoms with Crippen molar-refractivity contribution in [1.82, 2.24) is 5.32 Å². The van der Waals surface area contributed by atoms with Gasteiger partial charge in [-0.05, 0) is 37.9 Å². The second-order valence-corrected chi connectivity index (χ2v) is 4.90. The van der Waals surface area contributed by atoms with Crippen LogP contribution in [0, 0.1) is 5.92 Å². The first-order valence-corrected chi connectivity index (χ1v) is 6.39. The summed E-state index contributed by atoms with van der Waals surface area (Å²) in [5, 5.41) is 3.34. The van der Waals surface area contributed by atoms with Gasteiger partial charge in [0.15, 0.2) is 0 Å². The van der Waals surface area contributed by atoms with Crippen molar-refractivity contribution in [3.63, 3.8) is 0 Å². The van der Waals surface area contributed by atoms with Gasteiger partial charge < -0.3 is 5.32 Å². The van der Waals surface area contributed by atoms with Crippen LogP contribution in [0.3, 0.4) is 0 Å². The lowest BCUT2D eigenvalue weighted by Gasteiger charge is -2.22. The summed E-state index contributed by atoms with van der Waals surface area (Å²) in [6.07, 6.45) is 2.35. The second kappa shape index (κ2) is 6.29. The first kappa shape index (κ1) is 12.7. The summed E-state index contributed by atoms with van der Waals surface area (Å²) < 4.78 is 1.23. The Hall–Kier alpha value is -0.340. The zero-order valence-corrected chi connectivity index (χ0v) is 11.3. The minimum Gasteiger partial charge on any atom is -0.317 e. The van der Waals surface area contributed by atoms with Crippen LogP contribution in [0.25, 0.3) is 0 Å². The van der Waals surface area contributed by atoms with E-state index in [1.54, 1.807) is 0 Å². The molecule has 0 saturated carbocycles. The summed E-state index contributed by atoms with van der Waals surface area (Å²) in [6.45, 7) is 4.51. The van der Waals surface area contributed by atoms with Crippen LogP contribution in [-0.4, -0.2) is 13.1 Å². The van der Waals surface area contributed by atoms with Crippen molar-refractivity contribution in [2.45, 2.75) is 32.7 Å². The predicted molar refractivity (Wildman–Crippen MR) is 70.1 cm³/mol. The van der Waals surface area contributed by atoms with Crippen molar-refractivity contribution in [2.24, 2.45) is 5.92 Å². The van der Waals surface area contributed by atoms with Crippen molar-refractivity contribution >= 4 is 15.9 Å². The van der Waals surface area contributed by atoms with Gasteiger partial charge in [0.05, 0.1) is 0 Å². The molecule has 1 aromatic rings. The maximum absolute atomic E-state index is 3.60. The van der Waals surface area contributed by atoms with Gasteiger partial charge in [-0.15, -0.1) is 0 Å². The topological polar surface area (TPSA) is 12.0 Å². The third kappa shape index (κ3) is 3.62. The number of hydrogen-bond acceptors (Lipinski definition) is 1. The molecule has 0 bridgehead atoms. The van der Waals surface area contributed by atoms with Gasteiger partial charge in [0.1, 0.15) is 0 Å². The van der Waals surface area contributed by atoms with Crippen molar-refractivity contribution in [2.75, 3.05) is 7.05 Å². The molecule has 1 rings (SSSR count). The van der Waals surface area contributed by atoms with Gasteiger partial charge in [0.2, 0.25) is 0 Å². The molecule has 0 radical (unpaired) electrons. The first-order valence-electron chi connectivity index (χ1n) is 5.59. The Labute approximate surface area is 101 Å². The van der Waals surface area contributed by atoms with Gasteiger partial charge in [0, 0.05) is 10.5 Å². The second-order valence-electron chi connectivity index (χ2n) is 4.04. The minimum absolute atomic E-state index is 0.571. The summed E-state index contributed by atoms with van der Waals surface area (Å²) >= 11 is 3.60. The average molecular weight is 270 g/mol. The van der Waals surface area contributed by atoms with Crippen LogP contribution in [0.2, 0.25) is 0 Å². The Balaban J connectivity index is 2.71. The summed E-state index contributed by atoms with van der Waals surface area (Å²) in [7, 11) is 2.04. The summed E-state index contributed by atoms with van der Waals surface area (Å²) in [4.78, 5) is 0. The van der Waals surface area contributed by atoms with E-state index in [0.717, 1.165) is 6.42 Å². The molecule has 0 spiro atoms. The highest BCUT2D eigenvalue weighted by atomic mass is 79.9. The lowest BCUT2D eigenvalue weighted by Crippen LogP contribution is -2.31. The van der Waals surface area contributed by atoms with E-state index in [0.29, 0.717) is 12.0 Å². The van der Waals surface area contributed by atoms with Crippen LogP contribution in [0.15, 0.2) is 28.7 Å². The normalized spacial score (nSPS) is 14.9. The Morgan fingerprint density at radius 2 is 2.00 bits per heavy atom. The minimum atomic E-state index is 0.571. The smallest absolute Gasteiger partial charge is 0.0207 e. The molecule has 0 aromatic heterocycles. The van der Waals surface area contributed by atoms with Crippen LogP contribution in [0.5, 0.6) is 0 Å². The fraction of sp³-hybridized carbons (Fsp3) is 0.538. The zero-order chi connectivity index (χ0) is 11.3. The third-order valence-electron chi connectivity index (χ3n) is 3.13. The van der Waals surface area contributed by atoms with Crippen LogP contribution < -0.4 is 5.32 Å². The Morgan fingerprint density at radius 1 is 1.33 bits per heavy atom. The van der Waals surface area contributed by atoms with Gasteiger partial charge in [-0.25, -0.2) is 0 Å². The van der Waals surface area contributed by atoms with E-state index in [-0.39, 0.29) is 0 Å². The molecule has 2 atom stereocenters. The molecule has 0 aliphatic heterocycles. The summed E-state index contributed by atoms with van der Waals surface area (Å²) in [5.74, 6) is 0.702. The summed E-state index contributed by atoms with van der Waals surface area (Å²) in [6, 6.07) is 9.07. The molecule has 0 heterocycles. The molecule has 1 nitrogen and oxygen atoms in total. The molecule has 0 saturated heterocycles. The van der Waals surface area contributed by atoms with Crippen molar-refractivity contribution in [1.29, 1.82) is 0 Å².